The first-order chi connectivity index (χ1) is 2.64. The van der Waals surface area contributed by atoms with Crippen molar-refractivity contribution in [1.82, 2.24) is 5.73 Å². The third-order valence-electron chi connectivity index (χ3n) is 0.739. The highest BCUT2D eigenvalue weighted by Gasteiger charge is 1.88. The predicted molar refractivity (Wildman–Crippen MR) is 27.4 cm³/mol. The van der Waals surface area contributed by atoms with Crippen LogP contribution in [0, 0.1) is 0 Å². The maximum atomic E-state index is 6.93. The van der Waals surface area contributed by atoms with Crippen LogP contribution in [0.15, 0.2) is 12.2 Å². The zero-order valence-electron chi connectivity index (χ0n) is 4.28. The van der Waals surface area contributed by atoms with Crippen molar-refractivity contribution < 1.29 is 0 Å². The lowest BCUT2D eigenvalue weighted by Gasteiger charge is -1.96. The van der Waals surface area contributed by atoms with E-state index < -0.39 is 0 Å². The Bertz CT molecular complexity index is 55.0. The van der Waals surface area contributed by atoms with Gasteiger partial charge in [0, 0.05) is 6.04 Å². The second kappa shape index (κ2) is 1.98. The van der Waals surface area contributed by atoms with Gasteiger partial charge in [0.2, 0.25) is 0 Å². The standard InChI is InChI=1S/C5H10N/c1-4(2)5(3)6/h5-6H,1H2,2-3H3. The van der Waals surface area contributed by atoms with Gasteiger partial charge in [-0.1, -0.05) is 12.2 Å². The van der Waals surface area contributed by atoms with Crippen molar-refractivity contribution in [2.75, 3.05) is 0 Å². The summed E-state index contributed by atoms with van der Waals surface area (Å²) in [5, 5.41) is 0. The SMILES string of the molecule is C=C(C)C(C)[NH]. The fourth-order valence-electron chi connectivity index (χ4n) is 0. The van der Waals surface area contributed by atoms with Gasteiger partial charge in [0.1, 0.15) is 0 Å². The smallest absolute Gasteiger partial charge is 0.0388 e. The van der Waals surface area contributed by atoms with Crippen LogP contribution in [-0.4, -0.2) is 6.04 Å². The van der Waals surface area contributed by atoms with Crippen LogP contribution in [0.25, 0.3) is 0 Å². The highest BCUT2D eigenvalue weighted by molar-refractivity contribution is 4.96. The third-order valence-corrected chi connectivity index (χ3v) is 0.739. The molecule has 1 nitrogen and oxygen atoms in total. The average molecular weight is 84.1 g/mol. The largest absolute Gasteiger partial charge is 0.250 e. The van der Waals surface area contributed by atoms with E-state index in [4.69, 9.17) is 5.73 Å². The van der Waals surface area contributed by atoms with Gasteiger partial charge < -0.3 is 0 Å². The van der Waals surface area contributed by atoms with Gasteiger partial charge in [0.25, 0.3) is 0 Å². The molecule has 1 atom stereocenters. The monoisotopic (exact) mass is 84.1 g/mol. The van der Waals surface area contributed by atoms with Gasteiger partial charge in [-0.05, 0) is 13.8 Å². The minimum atomic E-state index is -0.0926. The number of rotatable bonds is 1. The Morgan fingerprint density at radius 3 is 2.00 bits per heavy atom. The molecule has 1 unspecified atom stereocenters. The first-order valence-electron chi connectivity index (χ1n) is 2.01. The Balaban J connectivity index is 3.26. The Hall–Kier alpha value is -0.300. The Morgan fingerprint density at radius 1 is 1.83 bits per heavy atom. The second-order valence-corrected chi connectivity index (χ2v) is 1.57. The molecule has 0 heterocycles. The lowest BCUT2D eigenvalue weighted by atomic mass is 10.2. The number of hydrogen-bond acceptors (Lipinski definition) is 0. The van der Waals surface area contributed by atoms with E-state index in [1.807, 2.05) is 13.8 Å². The molecule has 0 aromatic carbocycles. The van der Waals surface area contributed by atoms with Gasteiger partial charge in [0.05, 0.1) is 0 Å². The van der Waals surface area contributed by atoms with E-state index in [0.29, 0.717) is 0 Å². The summed E-state index contributed by atoms with van der Waals surface area (Å²) in [6.45, 7) is 7.23. The van der Waals surface area contributed by atoms with E-state index in [-0.39, 0.29) is 6.04 Å². The van der Waals surface area contributed by atoms with Crippen LogP contribution < -0.4 is 5.73 Å². The lowest BCUT2D eigenvalue weighted by Crippen LogP contribution is -2.01. The van der Waals surface area contributed by atoms with Gasteiger partial charge >= 0.3 is 0 Å². The molecule has 1 N–H and O–H groups in total. The fraction of sp³-hybridized carbons (Fsp3) is 0.600. The summed E-state index contributed by atoms with van der Waals surface area (Å²) in [7, 11) is 0. The van der Waals surface area contributed by atoms with Gasteiger partial charge in [-0.2, -0.15) is 0 Å². The average Bonchev–Trinajstić information content (AvgIpc) is 1.36. The van der Waals surface area contributed by atoms with Crippen LogP contribution in [0.1, 0.15) is 13.8 Å². The third kappa shape index (κ3) is 1.97. The van der Waals surface area contributed by atoms with E-state index in [2.05, 4.69) is 6.58 Å². The normalized spacial score (nSPS) is 13.8. The van der Waals surface area contributed by atoms with E-state index in [9.17, 15) is 0 Å². The molecule has 0 saturated heterocycles. The zero-order valence-corrected chi connectivity index (χ0v) is 4.28. The summed E-state index contributed by atoms with van der Waals surface area (Å²) < 4.78 is 0. The van der Waals surface area contributed by atoms with Crippen molar-refractivity contribution in [2.45, 2.75) is 19.9 Å². The van der Waals surface area contributed by atoms with Crippen molar-refractivity contribution in [3.05, 3.63) is 12.2 Å². The summed E-state index contributed by atoms with van der Waals surface area (Å²) in [5.74, 6) is 0. The van der Waals surface area contributed by atoms with Crippen LogP contribution >= 0.6 is 0 Å². The molecular formula is C5H10N. The maximum absolute atomic E-state index is 6.93. The molecule has 0 bridgehead atoms. The summed E-state index contributed by atoms with van der Waals surface area (Å²) in [6, 6.07) is -0.0926. The van der Waals surface area contributed by atoms with Crippen LogP contribution in [0.3, 0.4) is 0 Å². The maximum Gasteiger partial charge on any atom is 0.0388 e. The highest BCUT2D eigenvalue weighted by atomic mass is 14.6. The Morgan fingerprint density at radius 2 is 2.00 bits per heavy atom. The van der Waals surface area contributed by atoms with Crippen LogP contribution in [0.2, 0.25) is 0 Å². The van der Waals surface area contributed by atoms with Gasteiger partial charge in [-0.3, -0.25) is 5.73 Å². The number of hydrogen-bond donors (Lipinski definition) is 0. The molecule has 35 valence electrons. The molecular weight excluding hydrogens is 74.1 g/mol. The van der Waals surface area contributed by atoms with Crippen molar-refractivity contribution in [3.8, 4) is 0 Å². The summed E-state index contributed by atoms with van der Waals surface area (Å²) in [6.07, 6.45) is 0. The molecule has 0 saturated carbocycles. The topological polar surface area (TPSA) is 23.8 Å². The molecule has 0 aliphatic heterocycles. The molecule has 0 aliphatic rings. The van der Waals surface area contributed by atoms with Crippen molar-refractivity contribution >= 4 is 0 Å². The van der Waals surface area contributed by atoms with E-state index in [0.717, 1.165) is 5.57 Å². The van der Waals surface area contributed by atoms with Crippen molar-refractivity contribution in [2.24, 2.45) is 0 Å². The van der Waals surface area contributed by atoms with Gasteiger partial charge in [-0.25, -0.2) is 0 Å². The Kier molecular flexibility index (Phi) is 1.88. The van der Waals surface area contributed by atoms with E-state index in [1.54, 1.807) is 0 Å². The molecule has 0 amide bonds. The number of nitrogens with one attached hydrogen (secondary N) is 1. The first kappa shape index (κ1) is 5.70. The van der Waals surface area contributed by atoms with Crippen LogP contribution in [-0.2, 0) is 0 Å². The minimum Gasteiger partial charge on any atom is -0.250 e. The predicted octanol–water partition coefficient (Wildman–Crippen LogP) is 1.23. The molecule has 6 heavy (non-hydrogen) atoms. The molecule has 0 aliphatic carbocycles. The summed E-state index contributed by atoms with van der Waals surface area (Å²) >= 11 is 0. The highest BCUT2D eigenvalue weighted by Crippen LogP contribution is 1.91. The Labute approximate surface area is 38.8 Å². The molecule has 0 aromatic heterocycles. The van der Waals surface area contributed by atoms with Crippen molar-refractivity contribution in [1.29, 1.82) is 0 Å². The first-order valence-corrected chi connectivity index (χ1v) is 2.01. The van der Waals surface area contributed by atoms with E-state index in [1.165, 1.54) is 0 Å². The summed E-state index contributed by atoms with van der Waals surface area (Å²) in [4.78, 5) is 0. The zero-order chi connectivity index (χ0) is 5.15. The molecule has 0 rings (SSSR count). The van der Waals surface area contributed by atoms with Gasteiger partial charge in [-0.15, -0.1) is 0 Å². The fourth-order valence-corrected chi connectivity index (χ4v) is 0. The van der Waals surface area contributed by atoms with Crippen LogP contribution in [0.4, 0.5) is 0 Å². The quantitative estimate of drug-likeness (QED) is 0.427. The molecule has 0 aromatic rings. The molecule has 1 radical (unpaired) electrons. The minimum absolute atomic E-state index is 0.0926. The summed E-state index contributed by atoms with van der Waals surface area (Å²) in [5.41, 5.74) is 7.86. The van der Waals surface area contributed by atoms with Crippen molar-refractivity contribution in [3.63, 3.8) is 0 Å². The van der Waals surface area contributed by atoms with Gasteiger partial charge in [0.15, 0.2) is 0 Å². The molecule has 0 fully saturated rings. The van der Waals surface area contributed by atoms with Crippen LogP contribution in [0.5, 0.6) is 0 Å². The molecule has 1 heteroatoms. The van der Waals surface area contributed by atoms with E-state index >= 15 is 0 Å². The lowest BCUT2D eigenvalue weighted by molar-refractivity contribution is 0.835. The second-order valence-electron chi connectivity index (χ2n) is 1.57. The molecule has 0 spiro atoms.